The molecule has 2 N–H and O–H groups in total. The molecular weight excluding hydrogens is 310 g/mol. The maximum atomic E-state index is 12.4. The second-order valence-electron chi connectivity index (χ2n) is 6.34. The number of nitrogens with one attached hydrogen (secondary N) is 1. The summed E-state index contributed by atoms with van der Waals surface area (Å²) in [6.07, 6.45) is 1.61. The van der Waals surface area contributed by atoms with Gasteiger partial charge in [0.25, 0.3) is 0 Å². The molecule has 0 spiro atoms. The van der Waals surface area contributed by atoms with Crippen molar-refractivity contribution in [2.45, 2.75) is 39.2 Å². The number of ether oxygens (including phenoxy) is 2. The molecule has 1 aliphatic rings. The van der Waals surface area contributed by atoms with Crippen LogP contribution < -0.4 is 14.8 Å². The first-order chi connectivity index (χ1) is 11.4. The number of carboxylic acids is 1. The van der Waals surface area contributed by atoms with Crippen molar-refractivity contribution in [2.75, 3.05) is 14.2 Å². The topological polar surface area (TPSA) is 84.9 Å². The molecule has 2 rings (SSSR count). The monoisotopic (exact) mass is 335 g/mol. The smallest absolute Gasteiger partial charge is 0.306 e. The number of carbonyl (C=O) groups is 2. The van der Waals surface area contributed by atoms with Gasteiger partial charge in [-0.3, -0.25) is 9.59 Å². The SMILES string of the molecule is COc1cc(C)c(C(C)NC(=O)[C@@H]2CC[C@H](C(=O)O)C2)cc1OC. The van der Waals surface area contributed by atoms with Crippen LogP contribution in [-0.2, 0) is 9.59 Å². The highest BCUT2D eigenvalue weighted by molar-refractivity contribution is 5.81. The lowest BCUT2D eigenvalue weighted by Gasteiger charge is -2.21. The van der Waals surface area contributed by atoms with Crippen LogP contribution >= 0.6 is 0 Å². The van der Waals surface area contributed by atoms with E-state index in [1.165, 1.54) is 0 Å². The predicted octanol–water partition coefficient (Wildman–Crippen LogP) is 2.69. The Bertz CT molecular complexity index is 628. The minimum atomic E-state index is -0.811. The van der Waals surface area contributed by atoms with Gasteiger partial charge in [0.15, 0.2) is 11.5 Å². The largest absolute Gasteiger partial charge is 0.493 e. The standard InChI is InChI=1S/C18H25NO5/c1-10-7-15(23-3)16(24-4)9-14(10)11(2)19-17(20)12-5-6-13(8-12)18(21)22/h7,9,11-13H,5-6,8H2,1-4H3,(H,19,20)(H,21,22)/t11?,12-,13+/m1/s1. The maximum Gasteiger partial charge on any atom is 0.306 e. The van der Waals surface area contributed by atoms with Crippen LogP contribution in [0.4, 0.5) is 0 Å². The van der Waals surface area contributed by atoms with E-state index < -0.39 is 11.9 Å². The highest BCUT2D eigenvalue weighted by atomic mass is 16.5. The first-order valence-corrected chi connectivity index (χ1v) is 8.13. The van der Waals surface area contributed by atoms with Gasteiger partial charge in [-0.2, -0.15) is 0 Å². The molecule has 132 valence electrons. The number of methoxy groups -OCH3 is 2. The molecule has 0 aromatic heterocycles. The lowest BCUT2D eigenvalue weighted by atomic mass is 9.99. The fourth-order valence-corrected chi connectivity index (χ4v) is 3.32. The van der Waals surface area contributed by atoms with Crippen molar-refractivity contribution < 1.29 is 24.2 Å². The molecule has 0 bridgehead atoms. The Morgan fingerprint density at radius 3 is 2.29 bits per heavy atom. The summed E-state index contributed by atoms with van der Waals surface area (Å²) in [6.45, 7) is 3.87. The number of carboxylic acid groups (broad SMARTS) is 1. The van der Waals surface area contributed by atoms with E-state index in [1.54, 1.807) is 14.2 Å². The molecule has 0 heterocycles. The molecule has 1 amide bonds. The summed E-state index contributed by atoms with van der Waals surface area (Å²) in [5.41, 5.74) is 1.95. The van der Waals surface area contributed by atoms with Crippen LogP contribution in [0.5, 0.6) is 11.5 Å². The van der Waals surface area contributed by atoms with Crippen LogP contribution in [0.3, 0.4) is 0 Å². The molecule has 6 heteroatoms. The lowest BCUT2D eigenvalue weighted by Crippen LogP contribution is -2.32. The highest BCUT2D eigenvalue weighted by Gasteiger charge is 2.34. The molecule has 1 aromatic carbocycles. The quantitative estimate of drug-likeness (QED) is 0.835. The van der Waals surface area contributed by atoms with Crippen LogP contribution in [0.15, 0.2) is 12.1 Å². The second kappa shape index (κ2) is 7.55. The first-order valence-electron chi connectivity index (χ1n) is 8.13. The second-order valence-corrected chi connectivity index (χ2v) is 6.34. The van der Waals surface area contributed by atoms with Gasteiger partial charge in [0.05, 0.1) is 26.2 Å². The van der Waals surface area contributed by atoms with Crippen LogP contribution in [0.1, 0.15) is 43.4 Å². The van der Waals surface area contributed by atoms with Gasteiger partial charge >= 0.3 is 5.97 Å². The third kappa shape index (κ3) is 3.80. The van der Waals surface area contributed by atoms with Crippen LogP contribution in [-0.4, -0.2) is 31.2 Å². The molecule has 0 saturated heterocycles. The van der Waals surface area contributed by atoms with Gasteiger partial charge in [-0.25, -0.2) is 0 Å². The van der Waals surface area contributed by atoms with Crippen molar-refractivity contribution in [3.8, 4) is 11.5 Å². The van der Waals surface area contributed by atoms with Gasteiger partial charge in [0, 0.05) is 5.92 Å². The Kier molecular flexibility index (Phi) is 5.70. The summed E-state index contributed by atoms with van der Waals surface area (Å²) in [5, 5.41) is 12.1. The molecule has 6 nitrogen and oxygen atoms in total. The molecule has 1 aromatic rings. The third-order valence-electron chi connectivity index (χ3n) is 4.75. The third-order valence-corrected chi connectivity index (χ3v) is 4.75. The van der Waals surface area contributed by atoms with Gasteiger partial charge in [-0.05, 0) is 56.4 Å². The Hall–Kier alpha value is -2.24. The maximum absolute atomic E-state index is 12.4. The summed E-state index contributed by atoms with van der Waals surface area (Å²) in [5.74, 6) is -0.259. The van der Waals surface area contributed by atoms with E-state index in [-0.39, 0.29) is 17.9 Å². The molecule has 24 heavy (non-hydrogen) atoms. The number of rotatable bonds is 6. The molecule has 1 saturated carbocycles. The van der Waals surface area contributed by atoms with E-state index in [1.807, 2.05) is 26.0 Å². The average Bonchev–Trinajstić information content (AvgIpc) is 3.04. The molecular formula is C18H25NO5. The van der Waals surface area contributed by atoms with Gasteiger partial charge in [-0.1, -0.05) is 0 Å². The van der Waals surface area contributed by atoms with Gasteiger partial charge < -0.3 is 19.9 Å². The van der Waals surface area contributed by atoms with E-state index in [0.717, 1.165) is 11.1 Å². The number of hydrogen-bond donors (Lipinski definition) is 2. The van der Waals surface area contributed by atoms with Crippen molar-refractivity contribution in [3.05, 3.63) is 23.3 Å². The molecule has 3 atom stereocenters. The number of amides is 1. The number of aryl methyl sites for hydroxylation is 1. The minimum Gasteiger partial charge on any atom is -0.493 e. The highest BCUT2D eigenvalue weighted by Crippen LogP contribution is 2.34. The Morgan fingerprint density at radius 2 is 1.75 bits per heavy atom. The van der Waals surface area contributed by atoms with E-state index in [0.29, 0.717) is 30.8 Å². The summed E-state index contributed by atoms with van der Waals surface area (Å²) in [7, 11) is 3.16. The zero-order valence-electron chi connectivity index (χ0n) is 14.6. The molecule has 1 fully saturated rings. The molecule has 1 aliphatic carbocycles. The number of hydrogen-bond acceptors (Lipinski definition) is 4. The predicted molar refractivity (Wildman–Crippen MR) is 89.3 cm³/mol. The van der Waals surface area contributed by atoms with Crippen LogP contribution in [0, 0.1) is 18.8 Å². The number of benzene rings is 1. The number of carbonyl (C=O) groups excluding carboxylic acids is 1. The summed E-state index contributed by atoms with van der Waals surface area (Å²) < 4.78 is 10.6. The van der Waals surface area contributed by atoms with Crippen molar-refractivity contribution >= 4 is 11.9 Å². The van der Waals surface area contributed by atoms with Gasteiger partial charge in [-0.15, -0.1) is 0 Å². The van der Waals surface area contributed by atoms with Crippen molar-refractivity contribution in [1.29, 1.82) is 0 Å². The van der Waals surface area contributed by atoms with E-state index in [9.17, 15) is 9.59 Å². The van der Waals surface area contributed by atoms with E-state index in [2.05, 4.69) is 5.32 Å². The Balaban J connectivity index is 2.08. The average molecular weight is 335 g/mol. The van der Waals surface area contributed by atoms with E-state index in [4.69, 9.17) is 14.6 Å². The molecule has 0 radical (unpaired) electrons. The summed E-state index contributed by atoms with van der Waals surface area (Å²) in [4.78, 5) is 23.5. The fraction of sp³-hybridized carbons (Fsp3) is 0.556. The first kappa shape index (κ1) is 18.1. The fourth-order valence-electron chi connectivity index (χ4n) is 3.32. The van der Waals surface area contributed by atoms with Crippen molar-refractivity contribution in [3.63, 3.8) is 0 Å². The summed E-state index contributed by atoms with van der Waals surface area (Å²) in [6, 6.07) is 3.56. The van der Waals surface area contributed by atoms with Crippen LogP contribution in [0.25, 0.3) is 0 Å². The van der Waals surface area contributed by atoms with E-state index >= 15 is 0 Å². The van der Waals surface area contributed by atoms with Gasteiger partial charge in [0.1, 0.15) is 0 Å². The minimum absolute atomic E-state index is 0.0829. The Morgan fingerprint density at radius 1 is 1.17 bits per heavy atom. The van der Waals surface area contributed by atoms with Crippen LogP contribution in [0.2, 0.25) is 0 Å². The number of aliphatic carboxylic acids is 1. The zero-order valence-corrected chi connectivity index (χ0v) is 14.6. The molecule has 1 unspecified atom stereocenters. The van der Waals surface area contributed by atoms with Crippen molar-refractivity contribution in [1.82, 2.24) is 5.32 Å². The zero-order chi connectivity index (χ0) is 17.9. The van der Waals surface area contributed by atoms with Crippen molar-refractivity contribution in [2.24, 2.45) is 11.8 Å². The van der Waals surface area contributed by atoms with Gasteiger partial charge in [0.2, 0.25) is 5.91 Å². The molecule has 0 aliphatic heterocycles. The lowest BCUT2D eigenvalue weighted by molar-refractivity contribution is -0.141. The summed E-state index contributed by atoms with van der Waals surface area (Å²) >= 11 is 0. The Labute approximate surface area is 142 Å². The normalized spacial score (nSPS) is 21.2.